The third kappa shape index (κ3) is 10.4. The molecular weight excluding hydrogens is 799 g/mol. The lowest BCUT2D eigenvalue weighted by molar-refractivity contribution is -0.147. The second kappa shape index (κ2) is 19.2. The van der Waals surface area contributed by atoms with E-state index in [4.69, 9.17) is 14.2 Å². The van der Waals surface area contributed by atoms with Crippen LogP contribution in [0.15, 0.2) is 30.7 Å². The minimum atomic E-state index is -1.20. The molecule has 1 unspecified atom stereocenters. The Labute approximate surface area is 361 Å². The lowest BCUT2D eigenvalue weighted by atomic mass is 9.74. The molecule has 1 aromatic carbocycles. The van der Waals surface area contributed by atoms with Crippen LogP contribution in [0.2, 0.25) is 0 Å². The molecule has 7 rings (SSSR count). The highest BCUT2D eigenvalue weighted by Crippen LogP contribution is 2.41. The number of nitrogens with zero attached hydrogens (tertiary/aromatic N) is 4. The predicted molar refractivity (Wildman–Crippen MR) is 223 cm³/mol. The van der Waals surface area contributed by atoms with Crippen LogP contribution in [0.5, 0.6) is 11.5 Å². The lowest BCUT2D eigenvalue weighted by Gasteiger charge is -2.36. The summed E-state index contributed by atoms with van der Waals surface area (Å²) in [6, 6.07) is 0.421. The van der Waals surface area contributed by atoms with Crippen molar-refractivity contribution in [1.29, 1.82) is 0 Å². The Bertz CT molecular complexity index is 2030. The second-order valence-electron chi connectivity index (χ2n) is 18.3. The van der Waals surface area contributed by atoms with E-state index in [1.807, 2.05) is 39.8 Å². The van der Waals surface area contributed by atoms with E-state index in [9.17, 15) is 28.8 Å². The topological polar surface area (TPSA) is 216 Å². The number of ether oxygens (including phenoxy) is 3. The number of aromatic nitrogens is 2. The molecule has 0 radical (unpaired) electrons. The van der Waals surface area contributed by atoms with Crippen molar-refractivity contribution < 1.29 is 47.8 Å². The summed E-state index contributed by atoms with van der Waals surface area (Å²) >= 11 is 0. The number of carbonyl (C=O) groups excluding carboxylic acids is 7. The number of ketones is 2. The Kier molecular flexibility index (Phi) is 13.8. The molecule has 4 heterocycles. The van der Waals surface area contributed by atoms with Gasteiger partial charge >= 0.3 is 6.09 Å². The number of Topliss-reactive ketones (excluding diaryl/α,β-unsaturated/α-hetero) is 2. The maximum Gasteiger partial charge on any atom is 0.410 e. The highest BCUT2D eigenvalue weighted by molar-refractivity contribution is 6.38. The molecule has 2 aliphatic carbocycles. The summed E-state index contributed by atoms with van der Waals surface area (Å²) in [6.07, 6.45) is 8.84. The molecule has 334 valence electrons. The summed E-state index contributed by atoms with van der Waals surface area (Å²) in [5.74, 6) is -3.47. The average Bonchev–Trinajstić information content (AvgIpc) is 3.80. The van der Waals surface area contributed by atoms with Crippen molar-refractivity contribution in [2.24, 2.45) is 17.3 Å². The quantitative estimate of drug-likeness (QED) is 0.218. The average molecular weight is 858 g/mol. The third-order valence-corrected chi connectivity index (χ3v) is 12.6. The fourth-order valence-corrected chi connectivity index (χ4v) is 9.03. The van der Waals surface area contributed by atoms with Crippen LogP contribution in [0.4, 0.5) is 4.79 Å². The number of hydrogen-bond acceptors (Lipinski definition) is 12. The summed E-state index contributed by atoms with van der Waals surface area (Å²) in [7, 11) is 0. The molecule has 3 aliphatic heterocycles. The highest BCUT2D eigenvalue weighted by atomic mass is 16.6. The lowest BCUT2D eigenvalue weighted by Crippen LogP contribution is -2.55. The van der Waals surface area contributed by atoms with Crippen LogP contribution < -0.4 is 25.4 Å². The number of benzene rings is 1. The Morgan fingerprint density at radius 1 is 0.935 bits per heavy atom. The van der Waals surface area contributed by atoms with Gasteiger partial charge in [-0.25, -0.2) is 9.78 Å². The first-order chi connectivity index (χ1) is 29.7. The minimum Gasteiger partial charge on any atom is -0.486 e. The highest BCUT2D eigenvalue weighted by Gasteiger charge is 2.48. The van der Waals surface area contributed by atoms with Crippen LogP contribution in [-0.2, 0) is 41.8 Å². The van der Waals surface area contributed by atoms with E-state index in [-0.39, 0.29) is 62.3 Å². The van der Waals surface area contributed by atoms with Gasteiger partial charge < -0.3 is 35.1 Å². The predicted octanol–water partition coefficient (Wildman–Crippen LogP) is 3.80. The largest absolute Gasteiger partial charge is 0.486 e. The molecule has 2 saturated carbocycles. The molecule has 1 saturated heterocycles. The smallest absolute Gasteiger partial charge is 0.410 e. The van der Waals surface area contributed by atoms with Gasteiger partial charge in [0.2, 0.25) is 17.6 Å². The first kappa shape index (κ1) is 44.4. The van der Waals surface area contributed by atoms with E-state index in [2.05, 4.69) is 25.9 Å². The third-order valence-electron chi connectivity index (χ3n) is 12.6. The number of nitrogens with one attached hydrogen (secondary N) is 3. The molecule has 17 nitrogen and oxygen atoms in total. The zero-order chi connectivity index (χ0) is 44.1. The van der Waals surface area contributed by atoms with Crippen molar-refractivity contribution in [2.75, 3.05) is 19.8 Å². The number of rotatable bonds is 15. The molecule has 2 aromatic rings. The molecule has 5 aliphatic rings. The van der Waals surface area contributed by atoms with E-state index in [1.165, 1.54) is 28.4 Å². The molecule has 5 atom stereocenters. The number of amides is 5. The first-order valence-corrected chi connectivity index (χ1v) is 22.1. The molecule has 17 heteroatoms. The number of hydrogen-bond donors (Lipinski definition) is 3. The molecule has 0 bridgehead atoms. The maximum atomic E-state index is 15.0. The van der Waals surface area contributed by atoms with E-state index < -0.39 is 71.1 Å². The fraction of sp³-hybridized carbons (Fsp3) is 0.622. The second-order valence-corrected chi connectivity index (χ2v) is 18.3. The van der Waals surface area contributed by atoms with Gasteiger partial charge in [-0.1, -0.05) is 59.4 Å². The van der Waals surface area contributed by atoms with Crippen LogP contribution in [0.25, 0.3) is 0 Å². The molecule has 0 spiro atoms. The Morgan fingerprint density at radius 3 is 2.39 bits per heavy atom. The van der Waals surface area contributed by atoms with Gasteiger partial charge in [-0.15, -0.1) is 0 Å². The van der Waals surface area contributed by atoms with Gasteiger partial charge in [-0.3, -0.25) is 38.7 Å². The van der Waals surface area contributed by atoms with E-state index in [0.717, 1.165) is 56.1 Å². The van der Waals surface area contributed by atoms with Gasteiger partial charge in [-0.2, -0.15) is 0 Å². The van der Waals surface area contributed by atoms with Crippen molar-refractivity contribution in [3.63, 3.8) is 0 Å². The van der Waals surface area contributed by atoms with Crippen molar-refractivity contribution in [2.45, 2.75) is 142 Å². The van der Waals surface area contributed by atoms with Crippen molar-refractivity contribution >= 4 is 41.3 Å². The van der Waals surface area contributed by atoms with Gasteiger partial charge in [0.15, 0.2) is 17.3 Å². The Morgan fingerprint density at radius 2 is 1.69 bits per heavy atom. The summed E-state index contributed by atoms with van der Waals surface area (Å²) < 4.78 is 17.7. The van der Waals surface area contributed by atoms with Crippen LogP contribution in [0, 0.1) is 17.3 Å². The fourth-order valence-electron chi connectivity index (χ4n) is 9.03. The van der Waals surface area contributed by atoms with E-state index in [1.54, 1.807) is 0 Å². The monoisotopic (exact) mass is 857 g/mol. The Balaban J connectivity index is 1.12. The van der Waals surface area contributed by atoms with Crippen LogP contribution in [0.1, 0.15) is 120 Å². The molecule has 1 aromatic heterocycles. The summed E-state index contributed by atoms with van der Waals surface area (Å²) in [5, 5.41) is 8.38. The molecule has 3 fully saturated rings. The zero-order valence-electron chi connectivity index (χ0n) is 36.1. The summed E-state index contributed by atoms with van der Waals surface area (Å²) in [5.41, 5.74) is 0.985. The van der Waals surface area contributed by atoms with Gasteiger partial charge in [0.1, 0.15) is 31.1 Å². The number of fused-ring (bicyclic) bond motifs is 3. The van der Waals surface area contributed by atoms with Gasteiger partial charge in [0, 0.05) is 49.3 Å². The van der Waals surface area contributed by atoms with Gasteiger partial charge in [-0.05, 0) is 55.1 Å². The van der Waals surface area contributed by atoms with Gasteiger partial charge in [0.05, 0.1) is 31.4 Å². The van der Waals surface area contributed by atoms with E-state index >= 15 is 4.79 Å². The molecule has 3 N–H and O–H groups in total. The van der Waals surface area contributed by atoms with E-state index in [0.29, 0.717) is 31.1 Å². The molecular formula is C45H59N7O10. The van der Waals surface area contributed by atoms with Crippen LogP contribution in [-0.4, -0.2) is 111 Å². The van der Waals surface area contributed by atoms with Crippen molar-refractivity contribution in [3.05, 3.63) is 47.5 Å². The first-order valence-electron chi connectivity index (χ1n) is 22.1. The van der Waals surface area contributed by atoms with Crippen LogP contribution >= 0.6 is 0 Å². The number of carbonyl (C=O) groups is 7. The Hall–Kier alpha value is -5.61. The zero-order valence-corrected chi connectivity index (χ0v) is 36.1. The van der Waals surface area contributed by atoms with Crippen LogP contribution in [0.3, 0.4) is 0 Å². The minimum absolute atomic E-state index is 0.0624. The summed E-state index contributed by atoms with van der Waals surface area (Å²) in [4.78, 5) is 108. The number of likely N-dealkylation sites (tertiary alicyclic amines) is 1. The standard InChI is InChI=1S/C45H59N7O10/c1-5-9-32(38(54)42(57)48-28-13-14-28)49-41(56)34-20-29(62-44(59)51-23-27-12-15-36-39(30(27)25-51)61-19-18-60-36)24-52(34)43(58)31(45(2,3)4)21-35(53)37(26-10-7-6-8-11-26)50-40(55)33-22-46-16-17-47-33/h12,15-17,22,26,28-29,31-32,34,37H,5-11,13-14,18-21,23-25H2,1-4H3,(H,48,57)(H,49,56)(H,50,55)/t29-,31-,32+,34?,37+/m1/s1. The SMILES string of the molecule is CCC[C@H](NC(=O)C1C[C@@H](OC(=O)N2Cc3ccc4c(c3C2)OCCO4)CN1C(=O)[C@@H](CC(=O)[C@@H](NC(=O)c1cnccn1)C1CCCCC1)C(C)(C)C)C(=O)C(=O)NC1CC1. The van der Waals surface area contributed by atoms with Gasteiger partial charge in [0.25, 0.3) is 11.8 Å². The molecule has 62 heavy (non-hydrogen) atoms. The van der Waals surface area contributed by atoms with Crippen molar-refractivity contribution in [3.8, 4) is 11.5 Å². The normalized spacial score (nSPS) is 21.2. The maximum absolute atomic E-state index is 15.0. The molecule has 5 amide bonds. The van der Waals surface area contributed by atoms with Crippen molar-refractivity contribution in [1.82, 2.24) is 35.7 Å². The summed E-state index contributed by atoms with van der Waals surface area (Å²) in [6.45, 7) is 8.49.